The zero-order valence-corrected chi connectivity index (χ0v) is 24.7. The Kier molecular flexibility index (Phi) is 10.4. The molecule has 0 saturated carbocycles. The van der Waals surface area contributed by atoms with Gasteiger partial charge in [-0.05, 0) is 83.9 Å². The molecule has 4 nitrogen and oxygen atoms in total. The Morgan fingerprint density at radius 1 is 1.00 bits per heavy atom. The minimum atomic E-state index is -0.137. The van der Waals surface area contributed by atoms with Gasteiger partial charge in [0.25, 0.3) is 0 Å². The minimum absolute atomic E-state index is 0.0780. The third-order valence-electron chi connectivity index (χ3n) is 6.95. The summed E-state index contributed by atoms with van der Waals surface area (Å²) in [4.78, 5) is 11.3. The number of hydrogen-bond donors (Lipinski definition) is 2. The Bertz CT molecular complexity index is 1090. The maximum Gasteiger partial charge on any atom is 0.243 e. The first kappa shape index (κ1) is 30.5. The second kappa shape index (κ2) is 12.7. The molecule has 0 aliphatic rings. The van der Waals surface area contributed by atoms with Crippen LogP contribution in [-0.4, -0.2) is 24.2 Å². The molecule has 0 radical (unpaired) electrons. The lowest BCUT2D eigenvalue weighted by Crippen LogP contribution is -2.22. The largest absolute Gasteiger partial charge is 0.508 e. The highest BCUT2D eigenvalue weighted by Crippen LogP contribution is 2.42. The molecule has 1 unspecified atom stereocenters. The number of benzene rings is 2. The highest BCUT2D eigenvalue weighted by atomic mass is 16.5. The molecule has 1 amide bonds. The number of hydrogen-bond acceptors (Lipinski definition) is 3. The molecule has 0 aromatic heterocycles. The first-order valence-electron chi connectivity index (χ1n) is 13.7. The molecule has 1 atom stereocenters. The highest BCUT2D eigenvalue weighted by Gasteiger charge is 2.27. The normalized spacial score (nSPS) is 12.8. The first-order chi connectivity index (χ1) is 17.2. The fourth-order valence-corrected chi connectivity index (χ4v) is 4.91. The van der Waals surface area contributed by atoms with E-state index in [1.54, 1.807) is 0 Å². The number of carbonyl (C=O) groups is 1. The summed E-state index contributed by atoms with van der Waals surface area (Å²) in [5.74, 6) is 1.46. The summed E-state index contributed by atoms with van der Waals surface area (Å²) in [7, 11) is 0. The van der Waals surface area contributed by atoms with Gasteiger partial charge in [-0.25, -0.2) is 0 Å². The van der Waals surface area contributed by atoms with Gasteiger partial charge in [0.1, 0.15) is 11.5 Å². The molecule has 2 aromatic rings. The lowest BCUT2D eigenvalue weighted by molar-refractivity contribution is -0.116. The number of nitrogens with one attached hydrogen (secondary N) is 1. The van der Waals surface area contributed by atoms with Crippen LogP contribution in [0.2, 0.25) is 0 Å². The van der Waals surface area contributed by atoms with Gasteiger partial charge in [0.15, 0.2) is 0 Å². The summed E-state index contributed by atoms with van der Waals surface area (Å²) < 4.78 is 6.37. The van der Waals surface area contributed by atoms with Crippen LogP contribution < -0.4 is 10.1 Å². The van der Waals surface area contributed by atoms with E-state index >= 15 is 0 Å². The molecule has 0 aliphatic heterocycles. The Morgan fingerprint density at radius 3 is 2.22 bits per heavy atom. The molecule has 2 N–H and O–H groups in total. The van der Waals surface area contributed by atoms with Crippen LogP contribution in [0, 0.1) is 13.8 Å². The molecule has 0 aliphatic carbocycles. The zero-order chi connectivity index (χ0) is 28.0. The molecule has 0 spiro atoms. The van der Waals surface area contributed by atoms with Crippen molar-refractivity contribution in [2.45, 2.75) is 105 Å². The monoisotopic (exact) mass is 507 g/mol. The van der Waals surface area contributed by atoms with E-state index in [9.17, 15) is 9.90 Å². The number of carbonyl (C=O) groups excluding carboxylic acids is 1. The highest BCUT2D eigenvalue weighted by molar-refractivity contribution is 5.86. The number of aromatic hydroxyl groups is 1. The third kappa shape index (κ3) is 8.12. The number of phenolic OH excluding ortho intramolecular Hbond substituents is 1. The molecular formula is C33H49NO3. The summed E-state index contributed by atoms with van der Waals surface area (Å²) >= 11 is 0. The molecule has 2 aromatic carbocycles. The molecule has 0 heterocycles. The van der Waals surface area contributed by atoms with E-state index in [1.165, 1.54) is 22.8 Å². The third-order valence-corrected chi connectivity index (χ3v) is 6.95. The summed E-state index contributed by atoms with van der Waals surface area (Å²) in [5, 5.41) is 13.5. The van der Waals surface area contributed by atoms with Crippen LogP contribution in [-0.2, 0) is 15.6 Å². The smallest absolute Gasteiger partial charge is 0.243 e. The van der Waals surface area contributed by atoms with E-state index in [4.69, 9.17) is 4.74 Å². The summed E-state index contributed by atoms with van der Waals surface area (Å²) in [6.45, 7) is 24.4. The molecule has 2 rings (SSSR count). The van der Waals surface area contributed by atoms with E-state index in [0.29, 0.717) is 18.9 Å². The van der Waals surface area contributed by atoms with E-state index in [2.05, 4.69) is 92.4 Å². The average Bonchev–Trinajstić information content (AvgIpc) is 2.79. The van der Waals surface area contributed by atoms with Crippen molar-refractivity contribution in [1.82, 2.24) is 5.32 Å². The lowest BCUT2D eigenvalue weighted by Gasteiger charge is -2.29. The van der Waals surface area contributed by atoms with Crippen molar-refractivity contribution in [2.75, 3.05) is 13.2 Å². The number of aryl methyl sites for hydroxylation is 2. The number of phenols is 1. The second-order valence-electron chi connectivity index (χ2n) is 12.3. The van der Waals surface area contributed by atoms with Crippen LogP contribution in [0.5, 0.6) is 11.5 Å². The van der Waals surface area contributed by atoms with Gasteiger partial charge in [-0.1, -0.05) is 79.7 Å². The van der Waals surface area contributed by atoms with E-state index in [-0.39, 0.29) is 22.7 Å². The van der Waals surface area contributed by atoms with Crippen molar-refractivity contribution in [1.29, 1.82) is 0 Å². The first-order valence-corrected chi connectivity index (χ1v) is 13.7. The number of unbranched alkanes of at least 4 members (excludes halogenated alkanes) is 1. The molecule has 0 fully saturated rings. The van der Waals surface area contributed by atoms with Crippen LogP contribution in [0.25, 0.3) is 0 Å². The number of rotatable bonds is 11. The molecule has 4 heteroatoms. The Labute approximate surface area is 225 Å². The van der Waals surface area contributed by atoms with E-state index in [1.807, 2.05) is 6.07 Å². The molecule has 37 heavy (non-hydrogen) atoms. The van der Waals surface area contributed by atoms with Gasteiger partial charge in [0.05, 0.1) is 6.61 Å². The summed E-state index contributed by atoms with van der Waals surface area (Å²) in [6.07, 6.45) is 5.13. The van der Waals surface area contributed by atoms with Crippen molar-refractivity contribution in [3.63, 3.8) is 0 Å². The van der Waals surface area contributed by atoms with Crippen LogP contribution >= 0.6 is 0 Å². The van der Waals surface area contributed by atoms with Gasteiger partial charge in [-0.3, -0.25) is 4.79 Å². The summed E-state index contributed by atoms with van der Waals surface area (Å²) in [6, 6.07) is 8.80. The standard InChI is InChI=1S/C33H49NO3/c1-11-15-25(26-21-27(32(5,6)7)29(35)19-22(26)3)24-18-23(4)31(28(20-24)33(8,9)10)37-17-14-13-16-34-30(36)12-2/h12,18-21,25,35H,2,11,13-17H2,1,3-10H3,(H,34,36). The maximum atomic E-state index is 11.3. The van der Waals surface area contributed by atoms with Gasteiger partial charge >= 0.3 is 0 Å². The predicted octanol–water partition coefficient (Wildman–Crippen LogP) is 8.00. The van der Waals surface area contributed by atoms with Gasteiger partial charge in [-0.15, -0.1) is 0 Å². The van der Waals surface area contributed by atoms with Crippen molar-refractivity contribution in [3.05, 3.63) is 70.3 Å². The van der Waals surface area contributed by atoms with Crippen LogP contribution in [0.1, 0.15) is 113 Å². The van der Waals surface area contributed by atoms with Crippen molar-refractivity contribution < 1.29 is 14.6 Å². The minimum Gasteiger partial charge on any atom is -0.508 e. The lowest BCUT2D eigenvalue weighted by atomic mass is 9.77. The Morgan fingerprint density at radius 2 is 1.65 bits per heavy atom. The van der Waals surface area contributed by atoms with Crippen molar-refractivity contribution in [2.24, 2.45) is 0 Å². The molecular weight excluding hydrogens is 458 g/mol. The quantitative estimate of drug-likeness (QED) is 0.239. The van der Waals surface area contributed by atoms with Gasteiger partial charge in [-0.2, -0.15) is 0 Å². The van der Waals surface area contributed by atoms with Crippen molar-refractivity contribution >= 4 is 5.91 Å². The van der Waals surface area contributed by atoms with Gasteiger partial charge < -0.3 is 15.2 Å². The predicted molar refractivity (Wildman–Crippen MR) is 156 cm³/mol. The Balaban J connectivity index is 2.44. The van der Waals surface area contributed by atoms with Crippen molar-refractivity contribution in [3.8, 4) is 11.5 Å². The second-order valence-corrected chi connectivity index (χ2v) is 12.3. The number of ether oxygens (including phenoxy) is 1. The number of amides is 1. The fourth-order valence-electron chi connectivity index (χ4n) is 4.91. The van der Waals surface area contributed by atoms with Gasteiger partial charge in [0.2, 0.25) is 5.91 Å². The fraction of sp³-hybridized carbons (Fsp3) is 0.545. The molecule has 0 saturated heterocycles. The summed E-state index contributed by atoms with van der Waals surface area (Å²) in [5.41, 5.74) is 6.87. The van der Waals surface area contributed by atoms with Crippen LogP contribution in [0.3, 0.4) is 0 Å². The van der Waals surface area contributed by atoms with Gasteiger partial charge in [0, 0.05) is 18.0 Å². The Hall–Kier alpha value is -2.75. The van der Waals surface area contributed by atoms with E-state index in [0.717, 1.165) is 48.1 Å². The molecule has 204 valence electrons. The van der Waals surface area contributed by atoms with Crippen LogP contribution in [0.4, 0.5) is 0 Å². The van der Waals surface area contributed by atoms with E-state index < -0.39 is 0 Å². The zero-order valence-electron chi connectivity index (χ0n) is 24.7. The topological polar surface area (TPSA) is 58.6 Å². The SMILES string of the molecule is C=CC(=O)NCCCCOc1c(C)cc(C(CCC)c2cc(C(C)(C)C)c(O)cc2C)cc1C(C)(C)C. The maximum absolute atomic E-state index is 11.3. The van der Waals surface area contributed by atoms with Crippen LogP contribution in [0.15, 0.2) is 36.9 Å². The average molecular weight is 508 g/mol. The molecule has 0 bridgehead atoms.